The summed E-state index contributed by atoms with van der Waals surface area (Å²) in [5, 5.41) is 18.9. The fourth-order valence-electron chi connectivity index (χ4n) is 2.00. The molecule has 0 bridgehead atoms. The van der Waals surface area contributed by atoms with Gasteiger partial charge in [0.15, 0.2) is 11.9 Å². The van der Waals surface area contributed by atoms with Gasteiger partial charge in [-0.15, -0.1) is 0 Å². The van der Waals surface area contributed by atoms with Gasteiger partial charge in [0.05, 0.1) is 6.61 Å². The average molecular weight is 386 g/mol. The van der Waals surface area contributed by atoms with Crippen LogP contribution in [-0.2, 0) is 4.74 Å². The van der Waals surface area contributed by atoms with E-state index in [2.05, 4.69) is 0 Å². The number of nitrogens with one attached hydrogen (secondary N) is 1. The molecule has 1 aromatic heterocycles. The number of aliphatic hydroxyl groups is 2. The van der Waals surface area contributed by atoms with Crippen molar-refractivity contribution in [3.63, 3.8) is 0 Å². The highest BCUT2D eigenvalue weighted by molar-refractivity contribution is 14.1. The maximum atomic E-state index is 14.8. The van der Waals surface area contributed by atoms with Crippen molar-refractivity contribution in [3.05, 3.63) is 33.1 Å². The van der Waals surface area contributed by atoms with Gasteiger partial charge in [-0.2, -0.15) is 0 Å². The second-order valence-electron chi connectivity index (χ2n) is 4.23. The zero-order valence-electron chi connectivity index (χ0n) is 9.62. The molecule has 7 nitrogen and oxygen atoms in total. The van der Waals surface area contributed by atoms with E-state index in [1.54, 1.807) is 22.6 Å². The minimum atomic E-state index is -2.23. The molecule has 2 heterocycles. The molecule has 1 aliphatic rings. The van der Waals surface area contributed by atoms with Crippen molar-refractivity contribution in [1.82, 2.24) is 9.55 Å². The van der Waals surface area contributed by atoms with Crippen molar-refractivity contribution in [2.75, 3.05) is 11.0 Å². The van der Waals surface area contributed by atoms with Gasteiger partial charge in [0.1, 0.15) is 12.2 Å². The molecular weight excluding hydrogens is 374 g/mol. The largest absolute Gasteiger partial charge is 0.394 e. The Hall–Kier alpha value is -0.780. The van der Waals surface area contributed by atoms with E-state index in [0.717, 1.165) is 16.8 Å². The first kappa shape index (κ1) is 14.6. The van der Waals surface area contributed by atoms with Crippen LogP contribution in [0.15, 0.2) is 21.9 Å². The van der Waals surface area contributed by atoms with Crippen molar-refractivity contribution in [1.29, 1.82) is 0 Å². The third-order valence-corrected chi connectivity index (χ3v) is 4.22. The average Bonchev–Trinajstić information content (AvgIpc) is 2.63. The molecule has 1 fully saturated rings. The maximum absolute atomic E-state index is 14.8. The number of alkyl halides is 2. The molecule has 9 heteroatoms. The van der Waals surface area contributed by atoms with E-state index in [4.69, 9.17) is 9.84 Å². The zero-order chi connectivity index (χ0) is 14.2. The lowest BCUT2D eigenvalue weighted by Gasteiger charge is -2.26. The summed E-state index contributed by atoms with van der Waals surface area (Å²) in [6, 6.07) is 1.05. The van der Waals surface area contributed by atoms with E-state index in [-0.39, 0.29) is 4.43 Å². The molecule has 106 valence electrons. The molecule has 4 atom stereocenters. The van der Waals surface area contributed by atoms with Crippen LogP contribution in [-0.4, -0.2) is 48.7 Å². The van der Waals surface area contributed by atoms with Crippen molar-refractivity contribution in [3.8, 4) is 0 Å². The van der Waals surface area contributed by atoms with Gasteiger partial charge >= 0.3 is 5.69 Å². The van der Waals surface area contributed by atoms with Gasteiger partial charge in [0.25, 0.3) is 5.56 Å². The Balaban J connectivity index is 2.48. The summed E-state index contributed by atoms with van der Waals surface area (Å²) in [4.78, 5) is 24.6. The predicted octanol–water partition coefficient (Wildman–Crippen LogP) is -1.07. The van der Waals surface area contributed by atoms with E-state index in [1.807, 2.05) is 4.98 Å². The van der Waals surface area contributed by atoms with Crippen molar-refractivity contribution in [2.45, 2.75) is 24.1 Å². The zero-order valence-corrected chi connectivity index (χ0v) is 11.8. The molecule has 0 radical (unpaired) electrons. The van der Waals surface area contributed by atoms with Crippen LogP contribution in [0.5, 0.6) is 0 Å². The topological polar surface area (TPSA) is 105 Å². The smallest absolute Gasteiger partial charge is 0.330 e. The fourth-order valence-corrected chi connectivity index (χ4v) is 2.83. The Morgan fingerprint density at radius 2 is 2.26 bits per heavy atom. The molecular formula is C10H12FIN2O5. The number of nitrogens with zero attached hydrogens (tertiary/aromatic N) is 1. The van der Waals surface area contributed by atoms with Crippen LogP contribution in [0, 0.1) is 0 Å². The van der Waals surface area contributed by atoms with Crippen LogP contribution < -0.4 is 11.2 Å². The molecule has 19 heavy (non-hydrogen) atoms. The Labute approximate surface area is 120 Å². The summed E-state index contributed by atoms with van der Waals surface area (Å²) in [6.07, 6.45) is -2.98. The number of H-pyrrole nitrogens is 1. The van der Waals surface area contributed by atoms with Crippen LogP contribution in [0.3, 0.4) is 0 Å². The van der Waals surface area contributed by atoms with E-state index in [1.165, 1.54) is 0 Å². The molecule has 0 aromatic carbocycles. The van der Waals surface area contributed by atoms with Gasteiger partial charge in [-0.1, -0.05) is 22.6 Å². The second-order valence-corrected chi connectivity index (χ2v) is 4.99. The molecule has 1 aromatic rings. The molecule has 0 aliphatic carbocycles. The molecule has 1 saturated heterocycles. The Bertz CT molecular complexity index is 576. The fraction of sp³-hybridized carbons (Fsp3) is 0.600. The molecule has 0 amide bonds. The lowest BCUT2D eigenvalue weighted by atomic mass is 9.98. The highest BCUT2D eigenvalue weighted by Crippen LogP contribution is 2.42. The molecule has 1 aliphatic heterocycles. The first-order valence-corrected chi connectivity index (χ1v) is 6.97. The quantitative estimate of drug-likeness (QED) is 0.454. The van der Waals surface area contributed by atoms with Crippen LogP contribution in [0.4, 0.5) is 4.39 Å². The summed E-state index contributed by atoms with van der Waals surface area (Å²) in [5.41, 5.74) is -3.68. The number of hydrogen-bond acceptors (Lipinski definition) is 5. The summed E-state index contributed by atoms with van der Waals surface area (Å²) < 4.78 is 20.7. The molecule has 0 unspecified atom stereocenters. The third kappa shape index (κ3) is 2.35. The highest BCUT2D eigenvalue weighted by atomic mass is 127. The van der Waals surface area contributed by atoms with Gasteiger partial charge < -0.3 is 14.9 Å². The minimum Gasteiger partial charge on any atom is -0.394 e. The molecule has 3 N–H and O–H groups in total. The van der Waals surface area contributed by atoms with Gasteiger partial charge in [-0.25, -0.2) is 9.18 Å². The SMILES string of the molecule is O=c1ccn([C@@H]2O[C@H](CO)[C@@H](O)[C@]2(F)CI)c(=O)[nH]1. The number of halogens is 2. The van der Waals surface area contributed by atoms with E-state index in [0.29, 0.717) is 0 Å². The van der Waals surface area contributed by atoms with E-state index < -0.39 is 42.0 Å². The van der Waals surface area contributed by atoms with Crippen molar-refractivity contribution < 1.29 is 19.3 Å². The monoisotopic (exact) mass is 386 g/mol. The standard InChI is InChI=1S/C10H12FIN2O5/c11-10(4-12)7(17)5(3-15)19-8(10)14-2-1-6(16)13-9(14)18/h1-2,5,7-8,15,17H,3-4H2,(H,13,16,18)/t5-,7-,8-,10-/m1/s1. The number of rotatable bonds is 3. The second kappa shape index (κ2) is 5.31. The Kier molecular flexibility index (Phi) is 4.08. The normalized spacial score (nSPS) is 34.6. The summed E-state index contributed by atoms with van der Waals surface area (Å²) >= 11 is 1.72. The van der Waals surface area contributed by atoms with Crippen LogP contribution in [0.25, 0.3) is 0 Å². The first-order chi connectivity index (χ1) is 8.93. The summed E-state index contributed by atoms with van der Waals surface area (Å²) in [5.74, 6) is 0. The molecule has 0 saturated carbocycles. The molecule has 0 spiro atoms. The lowest BCUT2D eigenvalue weighted by Crippen LogP contribution is -2.47. The van der Waals surface area contributed by atoms with Crippen LogP contribution >= 0.6 is 22.6 Å². The third-order valence-electron chi connectivity index (χ3n) is 3.05. The number of aliphatic hydroxyl groups excluding tert-OH is 2. The minimum absolute atomic E-state index is 0.140. The number of ether oxygens (including phenoxy) is 1. The van der Waals surface area contributed by atoms with Crippen LogP contribution in [0.2, 0.25) is 0 Å². The van der Waals surface area contributed by atoms with Gasteiger partial charge in [-0.05, 0) is 0 Å². The summed E-state index contributed by atoms with van der Waals surface area (Å²) in [6.45, 7) is -0.571. The Morgan fingerprint density at radius 3 is 2.79 bits per heavy atom. The van der Waals surface area contributed by atoms with Gasteiger partial charge in [-0.3, -0.25) is 14.3 Å². The van der Waals surface area contributed by atoms with Crippen molar-refractivity contribution >= 4 is 22.6 Å². The lowest BCUT2D eigenvalue weighted by molar-refractivity contribution is -0.0593. The molecule has 2 rings (SSSR count). The number of hydrogen-bond donors (Lipinski definition) is 3. The Morgan fingerprint density at radius 1 is 1.58 bits per heavy atom. The van der Waals surface area contributed by atoms with Gasteiger partial charge in [0, 0.05) is 16.7 Å². The van der Waals surface area contributed by atoms with Gasteiger partial charge in [0.2, 0.25) is 0 Å². The summed E-state index contributed by atoms with van der Waals surface area (Å²) in [7, 11) is 0. The van der Waals surface area contributed by atoms with Crippen molar-refractivity contribution in [2.24, 2.45) is 0 Å². The first-order valence-electron chi connectivity index (χ1n) is 5.44. The van der Waals surface area contributed by atoms with Crippen LogP contribution in [0.1, 0.15) is 6.23 Å². The van der Waals surface area contributed by atoms with E-state index >= 15 is 0 Å². The predicted molar refractivity (Wildman–Crippen MR) is 71.1 cm³/mol. The maximum Gasteiger partial charge on any atom is 0.330 e. The number of aromatic amines is 1. The van der Waals surface area contributed by atoms with E-state index in [9.17, 15) is 19.1 Å². The highest BCUT2D eigenvalue weighted by Gasteiger charge is 2.57. The number of aromatic nitrogens is 2.